The molecule has 0 saturated carbocycles. The van der Waals surface area contributed by atoms with E-state index in [4.69, 9.17) is 15.2 Å². The van der Waals surface area contributed by atoms with Crippen LogP contribution in [0, 0.1) is 5.92 Å². The molecule has 0 fully saturated rings. The maximum absolute atomic E-state index is 12.2. The van der Waals surface area contributed by atoms with Gasteiger partial charge in [0, 0.05) is 31.0 Å². The van der Waals surface area contributed by atoms with Gasteiger partial charge in [-0.1, -0.05) is 6.07 Å². The summed E-state index contributed by atoms with van der Waals surface area (Å²) < 4.78 is 10.5. The van der Waals surface area contributed by atoms with Crippen molar-refractivity contribution in [1.29, 1.82) is 0 Å². The van der Waals surface area contributed by atoms with E-state index in [-0.39, 0.29) is 18.3 Å². The third kappa shape index (κ3) is 5.84. The Morgan fingerprint density at radius 1 is 1.31 bits per heavy atom. The molecule has 1 atom stereocenters. The van der Waals surface area contributed by atoms with Gasteiger partial charge in [-0.3, -0.25) is 9.59 Å². The molecule has 3 rings (SSSR count). The van der Waals surface area contributed by atoms with Gasteiger partial charge in [-0.25, -0.2) is 4.98 Å². The zero-order valence-electron chi connectivity index (χ0n) is 16.4. The Morgan fingerprint density at radius 3 is 2.97 bits per heavy atom. The zero-order valence-corrected chi connectivity index (χ0v) is 16.4. The first-order valence-corrected chi connectivity index (χ1v) is 9.59. The first kappa shape index (κ1) is 20.4. The lowest BCUT2D eigenvalue weighted by Crippen LogP contribution is -2.30. The number of hydrogen-bond acceptors (Lipinski definition) is 7. The number of carbonyl (C=O) groups is 2. The van der Waals surface area contributed by atoms with Gasteiger partial charge < -0.3 is 25.8 Å². The second-order valence-corrected chi connectivity index (χ2v) is 6.93. The number of rotatable bonds is 8. The average Bonchev–Trinajstić information content (AvgIpc) is 2.86. The lowest BCUT2D eigenvalue weighted by Gasteiger charge is -2.13. The van der Waals surface area contributed by atoms with Gasteiger partial charge in [-0.15, -0.1) is 0 Å². The summed E-state index contributed by atoms with van der Waals surface area (Å²) in [7, 11) is 1.33. The van der Waals surface area contributed by atoms with Gasteiger partial charge in [0.1, 0.15) is 11.6 Å². The Kier molecular flexibility index (Phi) is 6.89. The predicted octanol–water partition coefficient (Wildman–Crippen LogP) is 1.90. The number of aromatic nitrogens is 1. The number of nitrogens with zero attached hydrogens (tertiary/aromatic N) is 1. The van der Waals surface area contributed by atoms with Gasteiger partial charge in [0.15, 0.2) is 0 Å². The predicted molar refractivity (Wildman–Crippen MR) is 109 cm³/mol. The summed E-state index contributed by atoms with van der Waals surface area (Å²) in [5.74, 6) is 0.576. The van der Waals surface area contributed by atoms with Crippen molar-refractivity contribution in [3.8, 4) is 5.75 Å². The number of nitrogen functional groups attached to an aromatic ring is 1. The van der Waals surface area contributed by atoms with Crippen LogP contribution in [0.25, 0.3) is 0 Å². The summed E-state index contributed by atoms with van der Waals surface area (Å²) in [6.07, 6.45) is 3.05. The van der Waals surface area contributed by atoms with Gasteiger partial charge >= 0.3 is 5.97 Å². The van der Waals surface area contributed by atoms with E-state index in [2.05, 4.69) is 15.6 Å². The van der Waals surface area contributed by atoms with Crippen LogP contribution >= 0.6 is 0 Å². The highest BCUT2D eigenvalue weighted by Gasteiger charge is 2.26. The van der Waals surface area contributed by atoms with Crippen LogP contribution in [-0.4, -0.2) is 37.1 Å². The Bertz CT molecular complexity index is 872. The van der Waals surface area contributed by atoms with Crippen molar-refractivity contribution in [3.05, 3.63) is 47.7 Å². The third-order valence-electron chi connectivity index (χ3n) is 4.79. The highest BCUT2D eigenvalue weighted by atomic mass is 16.5. The molecule has 1 aromatic carbocycles. The van der Waals surface area contributed by atoms with Crippen LogP contribution in [0.3, 0.4) is 0 Å². The van der Waals surface area contributed by atoms with Gasteiger partial charge in [0.05, 0.1) is 26.1 Å². The minimum Gasteiger partial charge on any atom is -0.494 e. The van der Waals surface area contributed by atoms with Crippen LogP contribution in [0.1, 0.15) is 24.0 Å². The molecule has 2 heterocycles. The molecule has 0 saturated heterocycles. The van der Waals surface area contributed by atoms with E-state index in [1.54, 1.807) is 18.3 Å². The monoisotopic (exact) mass is 398 g/mol. The summed E-state index contributed by atoms with van der Waals surface area (Å²) in [5, 5.41) is 6.08. The average molecular weight is 398 g/mol. The van der Waals surface area contributed by atoms with Crippen molar-refractivity contribution in [1.82, 2.24) is 10.3 Å². The molecule has 8 nitrogen and oxygen atoms in total. The first-order chi connectivity index (χ1) is 14.0. The number of benzene rings is 1. The number of amides is 1. The number of anilines is 2. The number of nitrogens with one attached hydrogen (secondary N) is 2. The number of methoxy groups -OCH3 is 1. The standard InChI is InChI=1S/C21H26N4O4/c1-28-20(26)11-15-9-14-3-4-18(10-16(14)13-25-21(15)27)29-8-2-6-23-19-12-17(22)5-7-24-19/h3-5,7,10,12,15H,2,6,8-9,11,13H2,1H3,(H,25,27)(H3,22,23,24)/t15-/m1/s1. The minimum atomic E-state index is -0.415. The summed E-state index contributed by atoms with van der Waals surface area (Å²) in [6, 6.07) is 9.34. The highest BCUT2D eigenvalue weighted by molar-refractivity contribution is 5.84. The number of esters is 1. The van der Waals surface area contributed by atoms with Gasteiger partial charge in [-0.05, 0) is 42.2 Å². The molecule has 1 aliphatic rings. The molecule has 0 bridgehead atoms. The minimum absolute atomic E-state index is 0.0783. The second kappa shape index (κ2) is 9.77. The summed E-state index contributed by atoms with van der Waals surface area (Å²) in [4.78, 5) is 28.0. The Balaban J connectivity index is 1.50. The molecule has 0 aliphatic carbocycles. The molecule has 1 aromatic heterocycles. The largest absolute Gasteiger partial charge is 0.494 e. The lowest BCUT2D eigenvalue weighted by molar-refractivity contribution is -0.144. The number of carbonyl (C=O) groups excluding carboxylic acids is 2. The Morgan fingerprint density at radius 2 is 2.17 bits per heavy atom. The maximum Gasteiger partial charge on any atom is 0.306 e. The highest BCUT2D eigenvalue weighted by Crippen LogP contribution is 2.25. The fourth-order valence-corrected chi connectivity index (χ4v) is 3.21. The van der Waals surface area contributed by atoms with Crippen molar-refractivity contribution >= 4 is 23.4 Å². The maximum atomic E-state index is 12.2. The SMILES string of the molecule is COC(=O)C[C@H]1Cc2ccc(OCCCNc3cc(N)ccn3)cc2CNC1=O. The molecular formula is C21H26N4O4. The number of ether oxygens (including phenoxy) is 2. The Labute approximate surface area is 169 Å². The van der Waals surface area contributed by atoms with Crippen molar-refractivity contribution in [2.45, 2.75) is 25.8 Å². The molecule has 29 heavy (non-hydrogen) atoms. The number of pyridine rings is 1. The van der Waals surface area contributed by atoms with Crippen molar-refractivity contribution in [2.75, 3.05) is 31.3 Å². The first-order valence-electron chi connectivity index (χ1n) is 9.59. The van der Waals surface area contributed by atoms with Crippen molar-refractivity contribution < 1.29 is 19.1 Å². The van der Waals surface area contributed by atoms with Crippen LogP contribution in [0.2, 0.25) is 0 Å². The molecule has 2 aromatic rings. The van der Waals surface area contributed by atoms with Gasteiger partial charge in [0.2, 0.25) is 5.91 Å². The molecule has 4 N–H and O–H groups in total. The molecule has 1 aliphatic heterocycles. The molecule has 8 heteroatoms. The van der Waals surface area contributed by atoms with Gasteiger partial charge in [0.25, 0.3) is 0 Å². The van der Waals surface area contributed by atoms with Crippen LogP contribution in [0.5, 0.6) is 5.75 Å². The molecule has 0 spiro atoms. The fraction of sp³-hybridized carbons (Fsp3) is 0.381. The normalized spacial score (nSPS) is 15.6. The molecule has 0 unspecified atom stereocenters. The smallest absolute Gasteiger partial charge is 0.306 e. The number of fused-ring (bicyclic) bond motifs is 1. The third-order valence-corrected chi connectivity index (χ3v) is 4.79. The molecular weight excluding hydrogens is 372 g/mol. The number of nitrogens with two attached hydrogens (primary N) is 1. The van der Waals surface area contributed by atoms with E-state index in [0.29, 0.717) is 31.8 Å². The van der Waals surface area contributed by atoms with Crippen molar-refractivity contribution in [2.24, 2.45) is 5.92 Å². The van der Waals surface area contributed by atoms with E-state index in [9.17, 15) is 9.59 Å². The zero-order chi connectivity index (χ0) is 20.6. The fourth-order valence-electron chi connectivity index (χ4n) is 3.21. The summed E-state index contributed by atoms with van der Waals surface area (Å²) >= 11 is 0. The Hall–Kier alpha value is -3.29. The van der Waals surface area contributed by atoms with E-state index >= 15 is 0 Å². The van der Waals surface area contributed by atoms with E-state index in [0.717, 1.165) is 29.1 Å². The number of hydrogen-bond donors (Lipinski definition) is 3. The molecule has 154 valence electrons. The van der Waals surface area contributed by atoms with E-state index < -0.39 is 5.92 Å². The van der Waals surface area contributed by atoms with E-state index in [1.165, 1.54) is 7.11 Å². The van der Waals surface area contributed by atoms with Crippen LogP contribution in [-0.2, 0) is 27.3 Å². The van der Waals surface area contributed by atoms with Gasteiger partial charge in [-0.2, -0.15) is 0 Å². The summed E-state index contributed by atoms with van der Waals surface area (Å²) in [6.45, 7) is 1.68. The van der Waals surface area contributed by atoms with Crippen molar-refractivity contribution in [3.63, 3.8) is 0 Å². The van der Waals surface area contributed by atoms with E-state index in [1.807, 2.05) is 18.2 Å². The van der Waals surface area contributed by atoms with Crippen LogP contribution in [0.4, 0.5) is 11.5 Å². The molecule has 1 amide bonds. The lowest BCUT2D eigenvalue weighted by atomic mass is 9.94. The molecule has 0 radical (unpaired) electrons. The summed E-state index contributed by atoms with van der Waals surface area (Å²) in [5.41, 5.74) is 8.44. The topological polar surface area (TPSA) is 116 Å². The van der Waals surface area contributed by atoms with Crippen LogP contribution < -0.4 is 21.1 Å². The quantitative estimate of drug-likeness (QED) is 0.459. The van der Waals surface area contributed by atoms with Crippen LogP contribution in [0.15, 0.2) is 36.5 Å². The second-order valence-electron chi connectivity index (χ2n) is 6.93.